The molecule has 1 fully saturated rings. The van der Waals surface area contributed by atoms with E-state index in [0.29, 0.717) is 13.0 Å². The molecule has 1 aromatic rings. The molecule has 0 amide bonds. The standard InChI is InChI=1S/C17H25NO2/c1-13-7-9-14(10-8-13)16(19)11-12-18(2)15-5-3-4-6-17(15)20/h7-10,15,17,20H,3-6,11-12H2,1-2H3. The summed E-state index contributed by atoms with van der Waals surface area (Å²) in [6.07, 6.45) is 4.51. The minimum atomic E-state index is -0.233. The largest absolute Gasteiger partial charge is 0.391 e. The summed E-state index contributed by atoms with van der Waals surface area (Å²) in [5.74, 6) is 0.183. The number of ketones is 1. The van der Waals surface area contributed by atoms with Gasteiger partial charge in [-0.2, -0.15) is 0 Å². The van der Waals surface area contributed by atoms with Crippen molar-refractivity contribution in [1.82, 2.24) is 4.90 Å². The molecule has 0 heterocycles. The van der Waals surface area contributed by atoms with Gasteiger partial charge < -0.3 is 10.0 Å². The zero-order valence-electron chi connectivity index (χ0n) is 12.5. The topological polar surface area (TPSA) is 40.5 Å². The number of rotatable bonds is 5. The zero-order valence-corrected chi connectivity index (χ0v) is 12.5. The maximum Gasteiger partial charge on any atom is 0.164 e. The van der Waals surface area contributed by atoms with Crippen molar-refractivity contribution in [2.24, 2.45) is 0 Å². The summed E-state index contributed by atoms with van der Waals surface area (Å²) in [6.45, 7) is 2.74. The van der Waals surface area contributed by atoms with Crippen molar-refractivity contribution in [3.05, 3.63) is 35.4 Å². The van der Waals surface area contributed by atoms with Crippen molar-refractivity contribution < 1.29 is 9.90 Å². The van der Waals surface area contributed by atoms with E-state index < -0.39 is 0 Å². The number of Topliss-reactive ketones (excluding diaryl/α,β-unsaturated/α-hetero) is 1. The van der Waals surface area contributed by atoms with Crippen LogP contribution in [0, 0.1) is 6.92 Å². The molecule has 1 aromatic carbocycles. The van der Waals surface area contributed by atoms with E-state index in [0.717, 1.165) is 24.8 Å². The van der Waals surface area contributed by atoms with Gasteiger partial charge in [-0.05, 0) is 26.8 Å². The second-order valence-electron chi connectivity index (χ2n) is 5.94. The van der Waals surface area contributed by atoms with Crippen LogP contribution in [0.3, 0.4) is 0 Å². The van der Waals surface area contributed by atoms with Gasteiger partial charge in [0.2, 0.25) is 0 Å². The van der Waals surface area contributed by atoms with Crippen LogP contribution in [0.15, 0.2) is 24.3 Å². The first-order valence-electron chi connectivity index (χ1n) is 7.56. The van der Waals surface area contributed by atoms with Crippen LogP contribution >= 0.6 is 0 Å². The Kier molecular flexibility index (Phi) is 5.32. The molecule has 1 aliphatic carbocycles. The summed E-state index contributed by atoms with van der Waals surface area (Å²) in [7, 11) is 2.02. The first-order valence-corrected chi connectivity index (χ1v) is 7.56. The highest BCUT2D eigenvalue weighted by Crippen LogP contribution is 2.22. The number of benzene rings is 1. The van der Waals surface area contributed by atoms with Crippen molar-refractivity contribution >= 4 is 5.78 Å². The fourth-order valence-electron chi connectivity index (χ4n) is 2.93. The molecule has 110 valence electrons. The van der Waals surface area contributed by atoms with Gasteiger partial charge in [-0.1, -0.05) is 42.7 Å². The minimum Gasteiger partial charge on any atom is -0.391 e. The Morgan fingerprint density at radius 3 is 2.55 bits per heavy atom. The Bertz CT molecular complexity index is 441. The molecule has 0 saturated heterocycles. The Morgan fingerprint density at radius 1 is 1.25 bits per heavy atom. The fourth-order valence-corrected chi connectivity index (χ4v) is 2.93. The molecule has 1 aliphatic rings. The molecule has 2 rings (SSSR count). The lowest BCUT2D eigenvalue weighted by Gasteiger charge is -2.35. The van der Waals surface area contributed by atoms with Gasteiger partial charge >= 0.3 is 0 Å². The Balaban J connectivity index is 1.84. The molecule has 1 N–H and O–H groups in total. The molecular weight excluding hydrogens is 250 g/mol. The number of carbonyl (C=O) groups excluding carboxylic acids is 1. The van der Waals surface area contributed by atoms with Crippen molar-refractivity contribution in [2.45, 2.75) is 51.2 Å². The van der Waals surface area contributed by atoms with Gasteiger partial charge in [0.05, 0.1) is 6.10 Å². The van der Waals surface area contributed by atoms with Crippen molar-refractivity contribution in [1.29, 1.82) is 0 Å². The molecule has 0 bridgehead atoms. The predicted molar refractivity (Wildman–Crippen MR) is 81.0 cm³/mol. The van der Waals surface area contributed by atoms with Crippen LogP contribution in [-0.2, 0) is 0 Å². The lowest BCUT2D eigenvalue weighted by Crippen LogP contribution is -2.44. The molecule has 0 aliphatic heterocycles. The summed E-state index contributed by atoms with van der Waals surface area (Å²) in [4.78, 5) is 14.3. The summed E-state index contributed by atoms with van der Waals surface area (Å²) >= 11 is 0. The molecule has 3 nitrogen and oxygen atoms in total. The Labute approximate surface area is 121 Å². The van der Waals surface area contributed by atoms with E-state index in [1.165, 1.54) is 12.0 Å². The van der Waals surface area contributed by atoms with Gasteiger partial charge in [-0.3, -0.25) is 4.79 Å². The molecule has 2 unspecified atom stereocenters. The van der Waals surface area contributed by atoms with E-state index in [1.54, 1.807) is 0 Å². The van der Waals surface area contributed by atoms with E-state index in [1.807, 2.05) is 38.2 Å². The van der Waals surface area contributed by atoms with Gasteiger partial charge in [0.25, 0.3) is 0 Å². The predicted octanol–water partition coefficient (Wildman–Crippen LogP) is 2.80. The lowest BCUT2D eigenvalue weighted by molar-refractivity contribution is 0.0315. The first-order chi connectivity index (χ1) is 9.58. The molecule has 2 atom stereocenters. The average Bonchev–Trinajstić information content (AvgIpc) is 2.45. The summed E-state index contributed by atoms with van der Waals surface area (Å²) < 4.78 is 0. The van der Waals surface area contributed by atoms with Crippen LogP contribution in [0.25, 0.3) is 0 Å². The summed E-state index contributed by atoms with van der Waals surface area (Å²) in [5.41, 5.74) is 1.96. The van der Waals surface area contributed by atoms with Crippen LogP contribution in [0.4, 0.5) is 0 Å². The van der Waals surface area contributed by atoms with Crippen LogP contribution < -0.4 is 0 Å². The van der Waals surface area contributed by atoms with E-state index in [2.05, 4.69) is 4.90 Å². The number of carbonyl (C=O) groups is 1. The van der Waals surface area contributed by atoms with Gasteiger partial charge in [-0.15, -0.1) is 0 Å². The number of aliphatic hydroxyl groups excluding tert-OH is 1. The highest BCUT2D eigenvalue weighted by atomic mass is 16.3. The molecule has 0 radical (unpaired) electrons. The van der Waals surface area contributed by atoms with E-state index in [9.17, 15) is 9.90 Å². The number of hydrogen-bond acceptors (Lipinski definition) is 3. The first kappa shape index (κ1) is 15.2. The highest BCUT2D eigenvalue weighted by Gasteiger charge is 2.26. The van der Waals surface area contributed by atoms with Gasteiger partial charge in [-0.25, -0.2) is 0 Å². The normalized spacial score (nSPS) is 23.0. The zero-order chi connectivity index (χ0) is 14.5. The Hall–Kier alpha value is -1.19. The number of hydrogen-bond donors (Lipinski definition) is 1. The van der Waals surface area contributed by atoms with Crippen molar-refractivity contribution in [3.8, 4) is 0 Å². The third-order valence-electron chi connectivity index (χ3n) is 4.33. The molecule has 0 aromatic heterocycles. The number of nitrogens with zero attached hydrogens (tertiary/aromatic N) is 1. The molecule has 0 spiro atoms. The highest BCUT2D eigenvalue weighted by molar-refractivity contribution is 5.96. The summed E-state index contributed by atoms with van der Waals surface area (Å²) in [5, 5.41) is 10.0. The van der Waals surface area contributed by atoms with E-state index >= 15 is 0 Å². The monoisotopic (exact) mass is 275 g/mol. The van der Waals surface area contributed by atoms with E-state index in [-0.39, 0.29) is 17.9 Å². The lowest BCUT2D eigenvalue weighted by atomic mass is 9.91. The maximum atomic E-state index is 12.1. The van der Waals surface area contributed by atoms with Gasteiger partial charge in [0.1, 0.15) is 0 Å². The average molecular weight is 275 g/mol. The molecule has 20 heavy (non-hydrogen) atoms. The second kappa shape index (κ2) is 7.00. The molecule has 3 heteroatoms. The molecule has 1 saturated carbocycles. The van der Waals surface area contributed by atoms with Crippen molar-refractivity contribution in [3.63, 3.8) is 0 Å². The smallest absolute Gasteiger partial charge is 0.164 e. The fraction of sp³-hybridized carbons (Fsp3) is 0.588. The molecular formula is C17H25NO2. The third-order valence-corrected chi connectivity index (χ3v) is 4.33. The van der Waals surface area contributed by atoms with Gasteiger partial charge in [0.15, 0.2) is 5.78 Å². The van der Waals surface area contributed by atoms with Gasteiger partial charge in [0, 0.05) is 24.6 Å². The van der Waals surface area contributed by atoms with E-state index in [4.69, 9.17) is 0 Å². The Morgan fingerprint density at radius 2 is 1.90 bits per heavy atom. The second-order valence-corrected chi connectivity index (χ2v) is 5.94. The number of likely N-dealkylation sites (N-methyl/N-ethyl adjacent to an activating group) is 1. The van der Waals surface area contributed by atoms with Crippen molar-refractivity contribution in [2.75, 3.05) is 13.6 Å². The third kappa shape index (κ3) is 3.90. The van der Waals surface area contributed by atoms with Crippen LogP contribution in [0.2, 0.25) is 0 Å². The maximum absolute atomic E-state index is 12.1. The van der Waals surface area contributed by atoms with Crippen LogP contribution in [0.5, 0.6) is 0 Å². The number of aryl methyl sites for hydroxylation is 1. The van der Waals surface area contributed by atoms with Crippen LogP contribution in [-0.4, -0.2) is 41.5 Å². The quantitative estimate of drug-likeness (QED) is 0.840. The van der Waals surface area contributed by atoms with Crippen LogP contribution in [0.1, 0.15) is 48.0 Å². The summed E-state index contributed by atoms with van der Waals surface area (Å²) in [6, 6.07) is 7.96. The SMILES string of the molecule is Cc1ccc(C(=O)CCN(C)C2CCCCC2O)cc1. The minimum absolute atomic E-state index is 0.183. The number of aliphatic hydroxyl groups is 1.